The van der Waals surface area contributed by atoms with Crippen molar-refractivity contribution in [3.05, 3.63) is 12.1 Å². The first-order chi connectivity index (χ1) is 11.3. The summed E-state index contributed by atoms with van der Waals surface area (Å²) in [5.74, 6) is 2.54. The maximum atomic E-state index is 4.72. The monoisotopic (exact) mass is 329 g/mol. The predicted octanol–water partition coefficient (Wildman–Crippen LogP) is 1.73. The molecule has 1 fully saturated rings. The Bertz CT molecular complexity index is 854. The number of pyridine rings is 1. The highest BCUT2D eigenvalue weighted by molar-refractivity contribution is 7.26. The van der Waals surface area contributed by atoms with Crippen molar-refractivity contribution in [1.29, 1.82) is 0 Å². The van der Waals surface area contributed by atoms with E-state index >= 15 is 0 Å². The number of rotatable bonds is 3. The molecule has 4 heterocycles. The number of hydrogen-bond donors (Lipinski definition) is 3. The minimum absolute atomic E-state index is 0.656. The van der Waals surface area contributed by atoms with Crippen molar-refractivity contribution in [1.82, 2.24) is 20.3 Å². The Morgan fingerprint density at radius 1 is 1.09 bits per heavy atom. The van der Waals surface area contributed by atoms with Crippen LogP contribution in [0.5, 0.6) is 0 Å². The first kappa shape index (κ1) is 14.4. The van der Waals surface area contributed by atoms with Gasteiger partial charge in [0.05, 0.1) is 10.2 Å². The Morgan fingerprint density at radius 2 is 1.91 bits per heavy atom. The summed E-state index contributed by atoms with van der Waals surface area (Å²) >= 11 is 1.66. The smallest absolute Gasteiger partial charge is 0.225 e. The van der Waals surface area contributed by atoms with Crippen molar-refractivity contribution < 1.29 is 0 Å². The molecule has 1 aliphatic heterocycles. The van der Waals surface area contributed by atoms with E-state index in [4.69, 9.17) is 4.98 Å². The maximum absolute atomic E-state index is 4.72. The van der Waals surface area contributed by atoms with Crippen LogP contribution in [0.15, 0.2) is 12.1 Å². The molecule has 0 atom stereocenters. The Hall–Kier alpha value is -2.19. The Morgan fingerprint density at radius 3 is 2.65 bits per heavy atom. The summed E-state index contributed by atoms with van der Waals surface area (Å²) in [7, 11) is 3.74. The minimum Gasteiger partial charge on any atom is -0.373 e. The summed E-state index contributed by atoms with van der Waals surface area (Å²) in [5.41, 5.74) is 0.980. The molecule has 0 unspecified atom stereocenters. The van der Waals surface area contributed by atoms with Crippen LogP contribution in [0.1, 0.15) is 0 Å². The second-order valence-corrected chi connectivity index (χ2v) is 6.44. The fourth-order valence-corrected chi connectivity index (χ4v) is 3.98. The molecule has 0 amide bonds. The second kappa shape index (κ2) is 5.78. The number of nitrogens with one attached hydrogen (secondary N) is 3. The third-order valence-corrected chi connectivity index (χ3v) is 5.14. The highest BCUT2D eigenvalue weighted by atomic mass is 32.1. The molecular formula is C15H19N7S. The van der Waals surface area contributed by atoms with Crippen LogP contribution in [0.2, 0.25) is 0 Å². The van der Waals surface area contributed by atoms with E-state index in [1.165, 1.54) is 0 Å². The molecule has 1 aliphatic rings. The summed E-state index contributed by atoms with van der Waals surface area (Å²) in [5, 5.41) is 10.6. The molecule has 4 rings (SSSR count). The normalized spacial score (nSPS) is 15.3. The van der Waals surface area contributed by atoms with Crippen LogP contribution in [0.4, 0.5) is 17.6 Å². The van der Waals surface area contributed by atoms with Gasteiger partial charge >= 0.3 is 0 Å². The van der Waals surface area contributed by atoms with Gasteiger partial charge in [0, 0.05) is 45.7 Å². The fraction of sp³-hybridized carbons (Fsp3) is 0.400. The van der Waals surface area contributed by atoms with E-state index in [2.05, 4.69) is 36.9 Å². The number of thiophene rings is 1. The standard InChI is InChI=1S/C15H19N7S/c1-16-10-4-3-9-11-12(23-14(9)19-10)13(21-15(17-2)20-11)22-7-5-18-6-8-22/h3-4,18H,5-8H2,1-2H3,(H,16,19)(H,17,20,21). The van der Waals surface area contributed by atoms with E-state index in [-0.39, 0.29) is 0 Å². The van der Waals surface area contributed by atoms with Gasteiger partial charge in [0.1, 0.15) is 10.6 Å². The van der Waals surface area contributed by atoms with Gasteiger partial charge in [-0.3, -0.25) is 0 Å². The number of aromatic nitrogens is 3. The lowest BCUT2D eigenvalue weighted by atomic mass is 10.2. The molecule has 8 heteroatoms. The lowest BCUT2D eigenvalue weighted by molar-refractivity contribution is 0.586. The average molecular weight is 329 g/mol. The van der Waals surface area contributed by atoms with E-state index in [1.807, 2.05) is 20.2 Å². The molecule has 120 valence electrons. The summed E-state index contributed by atoms with van der Waals surface area (Å²) in [6.45, 7) is 3.87. The van der Waals surface area contributed by atoms with Crippen LogP contribution in [-0.4, -0.2) is 55.2 Å². The number of nitrogens with zero attached hydrogens (tertiary/aromatic N) is 4. The van der Waals surface area contributed by atoms with Crippen LogP contribution in [0, 0.1) is 0 Å². The van der Waals surface area contributed by atoms with Crippen LogP contribution < -0.4 is 20.9 Å². The molecule has 3 aromatic rings. The zero-order valence-corrected chi connectivity index (χ0v) is 14.0. The third-order valence-electron chi connectivity index (χ3n) is 4.06. The van der Waals surface area contributed by atoms with Gasteiger partial charge < -0.3 is 20.9 Å². The number of hydrogen-bond acceptors (Lipinski definition) is 8. The van der Waals surface area contributed by atoms with Crippen LogP contribution in [0.3, 0.4) is 0 Å². The van der Waals surface area contributed by atoms with Gasteiger partial charge in [0.15, 0.2) is 5.82 Å². The van der Waals surface area contributed by atoms with Crippen LogP contribution in [0.25, 0.3) is 20.4 Å². The molecule has 0 spiro atoms. The van der Waals surface area contributed by atoms with Gasteiger partial charge in [-0.15, -0.1) is 11.3 Å². The van der Waals surface area contributed by atoms with Gasteiger partial charge in [-0.25, -0.2) is 9.97 Å². The molecule has 7 nitrogen and oxygen atoms in total. The number of piperazine rings is 1. The minimum atomic E-state index is 0.656. The van der Waals surface area contributed by atoms with E-state index in [9.17, 15) is 0 Å². The molecule has 0 radical (unpaired) electrons. The third kappa shape index (κ3) is 2.43. The molecule has 3 aromatic heterocycles. The predicted molar refractivity (Wildman–Crippen MR) is 96.9 cm³/mol. The molecular weight excluding hydrogens is 310 g/mol. The van der Waals surface area contributed by atoms with Gasteiger partial charge in [-0.1, -0.05) is 0 Å². The molecule has 0 bridgehead atoms. The molecule has 3 N–H and O–H groups in total. The second-order valence-electron chi connectivity index (χ2n) is 5.44. The van der Waals surface area contributed by atoms with Crippen molar-refractivity contribution in [3.8, 4) is 0 Å². The van der Waals surface area contributed by atoms with Crippen molar-refractivity contribution >= 4 is 49.4 Å². The van der Waals surface area contributed by atoms with Crippen molar-refractivity contribution in [3.63, 3.8) is 0 Å². The SMILES string of the molecule is CNc1ccc2c(n1)sc1c(N3CCNCC3)nc(NC)nc12. The number of fused-ring (bicyclic) bond motifs is 3. The molecule has 23 heavy (non-hydrogen) atoms. The highest BCUT2D eigenvalue weighted by Crippen LogP contribution is 2.38. The highest BCUT2D eigenvalue weighted by Gasteiger charge is 2.20. The zero-order chi connectivity index (χ0) is 15.8. The summed E-state index contributed by atoms with van der Waals surface area (Å²) in [6.07, 6.45) is 0. The summed E-state index contributed by atoms with van der Waals surface area (Å²) < 4.78 is 1.11. The quantitative estimate of drug-likeness (QED) is 0.675. The Labute approximate surface area is 138 Å². The van der Waals surface area contributed by atoms with Gasteiger partial charge in [0.2, 0.25) is 5.95 Å². The van der Waals surface area contributed by atoms with E-state index < -0.39 is 0 Å². The lowest BCUT2D eigenvalue weighted by Crippen LogP contribution is -2.44. The van der Waals surface area contributed by atoms with Crippen molar-refractivity contribution in [2.45, 2.75) is 0 Å². The van der Waals surface area contributed by atoms with Crippen LogP contribution in [-0.2, 0) is 0 Å². The Balaban J connectivity index is 1.96. The summed E-state index contributed by atoms with van der Waals surface area (Å²) in [4.78, 5) is 17.4. The van der Waals surface area contributed by atoms with E-state index in [0.717, 1.165) is 58.2 Å². The van der Waals surface area contributed by atoms with Gasteiger partial charge in [-0.2, -0.15) is 4.98 Å². The van der Waals surface area contributed by atoms with E-state index in [1.54, 1.807) is 11.3 Å². The zero-order valence-electron chi connectivity index (χ0n) is 13.2. The van der Waals surface area contributed by atoms with Crippen molar-refractivity contribution in [2.75, 3.05) is 55.8 Å². The topological polar surface area (TPSA) is 78.0 Å². The maximum Gasteiger partial charge on any atom is 0.225 e. The number of anilines is 3. The molecule has 0 saturated carbocycles. The van der Waals surface area contributed by atoms with Gasteiger partial charge in [-0.05, 0) is 12.1 Å². The first-order valence-electron chi connectivity index (χ1n) is 7.72. The van der Waals surface area contributed by atoms with Gasteiger partial charge in [0.25, 0.3) is 0 Å². The Kier molecular flexibility index (Phi) is 3.62. The summed E-state index contributed by atoms with van der Waals surface area (Å²) in [6, 6.07) is 4.07. The molecule has 1 saturated heterocycles. The first-order valence-corrected chi connectivity index (χ1v) is 8.54. The van der Waals surface area contributed by atoms with E-state index in [0.29, 0.717) is 5.95 Å². The fourth-order valence-electron chi connectivity index (χ4n) is 2.85. The molecule has 0 aliphatic carbocycles. The van der Waals surface area contributed by atoms with Crippen LogP contribution >= 0.6 is 11.3 Å². The average Bonchev–Trinajstić information content (AvgIpc) is 2.99. The molecule has 0 aromatic carbocycles. The lowest BCUT2D eigenvalue weighted by Gasteiger charge is -2.28. The van der Waals surface area contributed by atoms with Crippen molar-refractivity contribution in [2.24, 2.45) is 0 Å². The largest absolute Gasteiger partial charge is 0.373 e.